The minimum atomic E-state index is -0.954. The second-order valence-corrected chi connectivity index (χ2v) is 4.76. The van der Waals surface area contributed by atoms with E-state index < -0.39 is 5.97 Å². The number of carbonyl (C=O) groups excluding carboxylic acids is 1. The Balaban J connectivity index is 2.15. The summed E-state index contributed by atoms with van der Waals surface area (Å²) in [6.07, 6.45) is 0.399. The summed E-state index contributed by atoms with van der Waals surface area (Å²) in [4.78, 5) is 22.7. The van der Waals surface area contributed by atoms with Crippen LogP contribution in [0.15, 0.2) is 48.5 Å². The van der Waals surface area contributed by atoms with E-state index in [4.69, 9.17) is 0 Å². The highest BCUT2D eigenvalue weighted by molar-refractivity contribution is 5.94. The largest absolute Gasteiger partial charge is 0.478 e. The fourth-order valence-electron chi connectivity index (χ4n) is 2.06. The van der Waals surface area contributed by atoms with Crippen molar-refractivity contribution in [3.05, 3.63) is 59.7 Å². The lowest BCUT2D eigenvalue weighted by Crippen LogP contribution is -2.12. The van der Waals surface area contributed by atoms with Crippen LogP contribution in [0.5, 0.6) is 0 Å². The van der Waals surface area contributed by atoms with Crippen molar-refractivity contribution in [2.75, 3.05) is 10.6 Å². The Bertz CT molecular complexity index is 683. The van der Waals surface area contributed by atoms with Crippen molar-refractivity contribution in [1.82, 2.24) is 0 Å². The highest BCUT2D eigenvalue weighted by atomic mass is 16.4. The van der Waals surface area contributed by atoms with Gasteiger partial charge in [0.1, 0.15) is 0 Å². The van der Waals surface area contributed by atoms with Gasteiger partial charge in [-0.3, -0.25) is 4.79 Å². The molecule has 2 aromatic rings. The molecule has 0 spiro atoms. The van der Waals surface area contributed by atoms with E-state index >= 15 is 0 Å². The minimum Gasteiger partial charge on any atom is -0.478 e. The Morgan fingerprint density at radius 2 is 1.64 bits per heavy atom. The van der Waals surface area contributed by atoms with Crippen molar-refractivity contribution in [3.8, 4) is 0 Å². The van der Waals surface area contributed by atoms with Crippen molar-refractivity contribution in [1.29, 1.82) is 0 Å². The number of aromatic carboxylic acids is 1. The van der Waals surface area contributed by atoms with E-state index in [1.54, 1.807) is 37.3 Å². The van der Waals surface area contributed by atoms with E-state index in [2.05, 4.69) is 10.6 Å². The molecular weight excluding hydrogens is 280 g/mol. The van der Waals surface area contributed by atoms with Crippen LogP contribution < -0.4 is 10.6 Å². The molecule has 0 aliphatic heterocycles. The van der Waals surface area contributed by atoms with Crippen molar-refractivity contribution in [2.24, 2.45) is 0 Å². The summed E-state index contributed by atoms with van der Waals surface area (Å²) in [7, 11) is 0. The second-order valence-electron chi connectivity index (χ2n) is 4.76. The molecule has 0 fully saturated rings. The molecule has 5 heteroatoms. The Morgan fingerprint density at radius 1 is 1.00 bits per heavy atom. The summed E-state index contributed by atoms with van der Waals surface area (Å²) in [5, 5.41) is 15.2. The summed E-state index contributed by atoms with van der Waals surface area (Å²) in [5.41, 5.74) is 2.39. The SMILES string of the molecule is CCC(=O)Nc1ccccc1NCc1ccccc1C(=O)O. The van der Waals surface area contributed by atoms with Gasteiger partial charge in [-0.15, -0.1) is 0 Å². The van der Waals surface area contributed by atoms with Crippen LogP contribution in [-0.4, -0.2) is 17.0 Å². The molecule has 0 atom stereocenters. The van der Waals surface area contributed by atoms with Crippen LogP contribution in [0.1, 0.15) is 29.3 Å². The first-order valence-electron chi connectivity index (χ1n) is 7.05. The van der Waals surface area contributed by atoms with Crippen LogP contribution in [0, 0.1) is 0 Å². The molecule has 0 heterocycles. The average molecular weight is 298 g/mol. The fourth-order valence-corrected chi connectivity index (χ4v) is 2.06. The highest BCUT2D eigenvalue weighted by Crippen LogP contribution is 2.22. The number of anilines is 2. The summed E-state index contributed by atoms with van der Waals surface area (Å²) < 4.78 is 0. The van der Waals surface area contributed by atoms with E-state index in [-0.39, 0.29) is 11.5 Å². The molecule has 0 aromatic heterocycles. The van der Waals surface area contributed by atoms with Crippen LogP contribution in [0.3, 0.4) is 0 Å². The van der Waals surface area contributed by atoms with Gasteiger partial charge in [-0.2, -0.15) is 0 Å². The number of carboxylic acids is 1. The molecule has 0 saturated carbocycles. The number of amides is 1. The van der Waals surface area contributed by atoms with Gasteiger partial charge < -0.3 is 15.7 Å². The quantitative estimate of drug-likeness (QED) is 0.764. The maximum atomic E-state index is 11.5. The number of para-hydroxylation sites is 2. The van der Waals surface area contributed by atoms with Gasteiger partial charge in [-0.1, -0.05) is 37.3 Å². The molecule has 0 radical (unpaired) electrons. The number of carbonyl (C=O) groups is 2. The summed E-state index contributed by atoms with van der Waals surface area (Å²) >= 11 is 0. The zero-order valence-corrected chi connectivity index (χ0v) is 12.3. The molecule has 0 aliphatic carbocycles. The molecular formula is C17H18N2O3. The number of carboxylic acid groups (broad SMARTS) is 1. The van der Waals surface area contributed by atoms with Gasteiger partial charge >= 0.3 is 5.97 Å². The van der Waals surface area contributed by atoms with Crippen molar-refractivity contribution in [2.45, 2.75) is 19.9 Å². The second kappa shape index (κ2) is 7.26. The topological polar surface area (TPSA) is 78.4 Å². The van der Waals surface area contributed by atoms with Crippen LogP contribution in [0.4, 0.5) is 11.4 Å². The van der Waals surface area contributed by atoms with Crippen LogP contribution in [-0.2, 0) is 11.3 Å². The lowest BCUT2D eigenvalue weighted by molar-refractivity contribution is -0.115. The van der Waals surface area contributed by atoms with Gasteiger partial charge in [0.05, 0.1) is 16.9 Å². The van der Waals surface area contributed by atoms with Gasteiger partial charge in [0.15, 0.2) is 0 Å². The van der Waals surface area contributed by atoms with Crippen LogP contribution in [0.2, 0.25) is 0 Å². The molecule has 3 N–H and O–H groups in total. The zero-order chi connectivity index (χ0) is 15.9. The van der Waals surface area contributed by atoms with Crippen LogP contribution >= 0.6 is 0 Å². The Labute approximate surface area is 129 Å². The Morgan fingerprint density at radius 3 is 2.32 bits per heavy atom. The molecule has 0 bridgehead atoms. The van der Waals surface area contributed by atoms with Gasteiger partial charge in [-0.05, 0) is 23.8 Å². The van der Waals surface area contributed by atoms with Gasteiger partial charge in [-0.25, -0.2) is 4.79 Å². The zero-order valence-electron chi connectivity index (χ0n) is 12.3. The predicted octanol–water partition coefficient (Wildman–Crippen LogP) is 3.35. The lowest BCUT2D eigenvalue weighted by Gasteiger charge is -2.13. The maximum absolute atomic E-state index is 11.5. The third kappa shape index (κ3) is 3.85. The number of nitrogens with one attached hydrogen (secondary N) is 2. The summed E-state index contributed by atoms with van der Waals surface area (Å²) in [6, 6.07) is 14.2. The third-order valence-electron chi connectivity index (χ3n) is 3.24. The standard InChI is InChI=1S/C17H18N2O3/c1-2-16(20)19-15-10-6-5-9-14(15)18-11-12-7-3-4-8-13(12)17(21)22/h3-10,18H,2,11H2,1H3,(H,19,20)(H,21,22). The maximum Gasteiger partial charge on any atom is 0.336 e. The molecule has 2 rings (SSSR count). The van der Waals surface area contributed by atoms with Crippen molar-refractivity contribution in [3.63, 3.8) is 0 Å². The fraction of sp³-hybridized carbons (Fsp3) is 0.176. The molecule has 0 unspecified atom stereocenters. The van der Waals surface area contributed by atoms with E-state index in [9.17, 15) is 14.7 Å². The Kier molecular flexibility index (Phi) is 5.14. The van der Waals surface area contributed by atoms with Gasteiger partial charge in [0.2, 0.25) is 5.91 Å². The third-order valence-corrected chi connectivity index (χ3v) is 3.24. The molecule has 1 amide bonds. The summed E-state index contributed by atoms with van der Waals surface area (Å²) in [6.45, 7) is 2.15. The van der Waals surface area contributed by atoms with Crippen LogP contribution in [0.25, 0.3) is 0 Å². The van der Waals surface area contributed by atoms with E-state index in [0.29, 0.717) is 24.2 Å². The molecule has 0 aliphatic rings. The smallest absolute Gasteiger partial charge is 0.336 e. The first-order valence-corrected chi connectivity index (χ1v) is 7.05. The highest BCUT2D eigenvalue weighted by Gasteiger charge is 2.10. The molecule has 22 heavy (non-hydrogen) atoms. The molecule has 2 aromatic carbocycles. The Hall–Kier alpha value is -2.82. The summed E-state index contributed by atoms with van der Waals surface area (Å²) in [5.74, 6) is -1.02. The van der Waals surface area contributed by atoms with E-state index in [1.807, 2.05) is 18.2 Å². The van der Waals surface area contributed by atoms with E-state index in [1.165, 1.54) is 0 Å². The first kappa shape index (κ1) is 15.6. The van der Waals surface area contributed by atoms with Gasteiger partial charge in [0.25, 0.3) is 0 Å². The number of hydrogen-bond acceptors (Lipinski definition) is 3. The minimum absolute atomic E-state index is 0.0693. The number of rotatable bonds is 6. The number of hydrogen-bond donors (Lipinski definition) is 3. The predicted molar refractivity (Wildman–Crippen MR) is 86.1 cm³/mol. The molecule has 5 nitrogen and oxygen atoms in total. The van der Waals surface area contributed by atoms with Crippen molar-refractivity contribution >= 4 is 23.3 Å². The van der Waals surface area contributed by atoms with Gasteiger partial charge in [0, 0.05) is 13.0 Å². The first-order chi connectivity index (χ1) is 10.6. The number of benzene rings is 2. The van der Waals surface area contributed by atoms with Crippen molar-refractivity contribution < 1.29 is 14.7 Å². The normalized spacial score (nSPS) is 10.0. The van der Waals surface area contributed by atoms with E-state index in [0.717, 1.165) is 5.69 Å². The monoisotopic (exact) mass is 298 g/mol. The lowest BCUT2D eigenvalue weighted by atomic mass is 10.1. The molecule has 114 valence electrons. The average Bonchev–Trinajstić information content (AvgIpc) is 2.54. The molecule has 0 saturated heterocycles.